The van der Waals surface area contributed by atoms with Crippen molar-refractivity contribution in [2.45, 2.75) is 39.5 Å². The van der Waals surface area contributed by atoms with E-state index in [9.17, 15) is 5.11 Å². The molecule has 0 heterocycles. The first-order valence-electron chi connectivity index (χ1n) is 8.85. The summed E-state index contributed by atoms with van der Waals surface area (Å²) in [6, 6.07) is 9.05. The van der Waals surface area contributed by atoms with Crippen molar-refractivity contribution in [1.82, 2.24) is 5.32 Å². The van der Waals surface area contributed by atoms with Crippen molar-refractivity contribution < 1.29 is 14.6 Å². The molecule has 0 unspecified atom stereocenters. The third-order valence-corrected chi connectivity index (χ3v) is 5.09. The molecule has 0 aliphatic rings. The number of aliphatic hydroxyl groups is 1. The number of rotatable bonds is 10. The molecule has 0 amide bonds. The lowest BCUT2D eigenvalue weighted by atomic mass is 10.1. The zero-order chi connectivity index (χ0) is 19.8. The first-order valence-corrected chi connectivity index (χ1v) is 9.98. The second kappa shape index (κ2) is 11.0. The third kappa shape index (κ3) is 6.16. The molecule has 2 aromatic carbocycles. The minimum absolute atomic E-state index is 0.0395. The third-order valence-electron chi connectivity index (χ3n) is 4.10. The van der Waals surface area contributed by atoms with Crippen LogP contribution in [0.1, 0.15) is 31.4 Å². The Morgan fingerprint density at radius 1 is 1.04 bits per heavy atom. The van der Waals surface area contributed by atoms with Crippen LogP contribution in [0.4, 0.5) is 0 Å². The molecule has 148 valence electrons. The molecule has 1 atom stereocenters. The molecule has 4 nitrogen and oxygen atoms in total. The summed E-state index contributed by atoms with van der Waals surface area (Å²) in [6.45, 7) is 5.22. The van der Waals surface area contributed by atoms with E-state index >= 15 is 0 Å². The van der Waals surface area contributed by atoms with Crippen molar-refractivity contribution in [3.8, 4) is 11.5 Å². The van der Waals surface area contributed by atoms with Gasteiger partial charge in [-0.3, -0.25) is 0 Å². The van der Waals surface area contributed by atoms with Crippen LogP contribution in [0.15, 0.2) is 30.3 Å². The van der Waals surface area contributed by atoms with Gasteiger partial charge in [0.05, 0.1) is 18.2 Å². The molecule has 0 aromatic heterocycles. The van der Waals surface area contributed by atoms with E-state index in [4.69, 9.17) is 44.3 Å². The SMILES string of the molecule is CCOc1cc(CN[C@@H](CC)CO)cc(Cl)c1OCc1c(Cl)cccc1Cl. The molecule has 0 saturated carbocycles. The Bertz CT molecular complexity index is 731. The van der Waals surface area contributed by atoms with Crippen molar-refractivity contribution in [3.05, 3.63) is 56.5 Å². The lowest BCUT2D eigenvalue weighted by molar-refractivity contribution is 0.238. The van der Waals surface area contributed by atoms with Gasteiger partial charge in [-0.1, -0.05) is 47.8 Å². The van der Waals surface area contributed by atoms with Crippen LogP contribution in [-0.4, -0.2) is 24.4 Å². The van der Waals surface area contributed by atoms with Gasteiger partial charge in [0.15, 0.2) is 11.5 Å². The van der Waals surface area contributed by atoms with Crippen LogP contribution in [0, 0.1) is 0 Å². The summed E-state index contributed by atoms with van der Waals surface area (Å²) in [7, 11) is 0. The molecular weight excluding hydrogens is 409 g/mol. The maximum Gasteiger partial charge on any atom is 0.180 e. The van der Waals surface area contributed by atoms with Gasteiger partial charge in [0.1, 0.15) is 6.61 Å². The fraction of sp³-hybridized carbons (Fsp3) is 0.400. The Kier molecular flexibility index (Phi) is 9.00. The summed E-state index contributed by atoms with van der Waals surface area (Å²) in [5, 5.41) is 14.1. The van der Waals surface area contributed by atoms with E-state index in [1.165, 1.54) is 0 Å². The summed E-state index contributed by atoms with van der Waals surface area (Å²) in [5.41, 5.74) is 1.64. The van der Waals surface area contributed by atoms with Crippen LogP contribution in [0.25, 0.3) is 0 Å². The smallest absolute Gasteiger partial charge is 0.180 e. The standard InChI is InChI=1S/C20H24Cl3NO3/c1-3-14(11-25)24-10-13-8-18(23)20(19(9-13)26-4-2)27-12-15-16(21)6-5-7-17(15)22/h5-9,14,24-25H,3-4,10-12H2,1-2H3/t14-/m0/s1. The van der Waals surface area contributed by atoms with Crippen LogP contribution < -0.4 is 14.8 Å². The van der Waals surface area contributed by atoms with Gasteiger partial charge in [0, 0.05) is 28.2 Å². The Balaban J connectivity index is 2.20. The zero-order valence-corrected chi connectivity index (χ0v) is 17.7. The zero-order valence-electron chi connectivity index (χ0n) is 15.4. The minimum atomic E-state index is 0.0395. The van der Waals surface area contributed by atoms with Gasteiger partial charge >= 0.3 is 0 Å². The number of aliphatic hydroxyl groups excluding tert-OH is 1. The first kappa shape index (κ1) is 22.1. The van der Waals surface area contributed by atoms with Gasteiger partial charge in [0.25, 0.3) is 0 Å². The van der Waals surface area contributed by atoms with Crippen LogP contribution in [0.5, 0.6) is 11.5 Å². The van der Waals surface area contributed by atoms with Gasteiger partial charge in [-0.05, 0) is 43.2 Å². The predicted octanol–water partition coefficient (Wildman–Crippen LogP) is 5.49. The Morgan fingerprint density at radius 2 is 1.74 bits per heavy atom. The normalized spacial score (nSPS) is 12.1. The highest BCUT2D eigenvalue weighted by Crippen LogP contribution is 2.38. The molecule has 0 saturated heterocycles. The van der Waals surface area contributed by atoms with Crippen LogP contribution in [0.2, 0.25) is 15.1 Å². The Hall–Kier alpha value is -1.17. The maximum atomic E-state index is 9.31. The molecule has 2 rings (SSSR count). The van der Waals surface area contributed by atoms with E-state index < -0.39 is 0 Å². The average molecular weight is 433 g/mol. The Morgan fingerprint density at radius 3 is 2.33 bits per heavy atom. The largest absolute Gasteiger partial charge is 0.490 e. The second-order valence-corrected chi connectivity index (χ2v) is 7.22. The van der Waals surface area contributed by atoms with E-state index in [1.54, 1.807) is 18.2 Å². The summed E-state index contributed by atoms with van der Waals surface area (Å²) < 4.78 is 11.6. The summed E-state index contributed by atoms with van der Waals surface area (Å²) in [6.07, 6.45) is 0.836. The average Bonchev–Trinajstić information content (AvgIpc) is 2.64. The Labute approximate surface area is 175 Å². The van der Waals surface area contributed by atoms with Gasteiger partial charge in [-0.25, -0.2) is 0 Å². The van der Waals surface area contributed by atoms with Crippen molar-refractivity contribution in [3.63, 3.8) is 0 Å². The minimum Gasteiger partial charge on any atom is -0.490 e. The quantitative estimate of drug-likeness (QED) is 0.521. The number of ether oxygens (including phenoxy) is 2. The molecule has 0 spiro atoms. The summed E-state index contributed by atoms with van der Waals surface area (Å²) in [4.78, 5) is 0. The molecule has 0 aliphatic heterocycles. The molecule has 0 fully saturated rings. The number of benzene rings is 2. The lowest BCUT2D eigenvalue weighted by Gasteiger charge is -2.18. The van der Waals surface area contributed by atoms with Crippen LogP contribution >= 0.6 is 34.8 Å². The highest BCUT2D eigenvalue weighted by atomic mass is 35.5. The van der Waals surface area contributed by atoms with Gasteiger partial charge < -0.3 is 19.9 Å². The maximum absolute atomic E-state index is 9.31. The first-order chi connectivity index (χ1) is 13.0. The van der Waals surface area contributed by atoms with E-state index in [0.29, 0.717) is 45.3 Å². The van der Waals surface area contributed by atoms with Crippen LogP contribution in [-0.2, 0) is 13.2 Å². The molecule has 27 heavy (non-hydrogen) atoms. The van der Waals surface area contributed by atoms with Crippen molar-refractivity contribution >= 4 is 34.8 Å². The van der Waals surface area contributed by atoms with Crippen LogP contribution in [0.3, 0.4) is 0 Å². The van der Waals surface area contributed by atoms with Crippen molar-refractivity contribution in [2.24, 2.45) is 0 Å². The number of nitrogens with one attached hydrogen (secondary N) is 1. The van der Waals surface area contributed by atoms with Gasteiger partial charge in [-0.2, -0.15) is 0 Å². The summed E-state index contributed by atoms with van der Waals surface area (Å²) >= 11 is 18.9. The number of hydrogen-bond donors (Lipinski definition) is 2. The number of halogens is 3. The molecule has 0 radical (unpaired) electrons. The van der Waals surface area contributed by atoms with E-state index in [-0.39, 0.29) is 19.3 Å². The van der Waals surface area contributed by atoms with Gasteiger partial charge in [-0.15, -0.1) is 0 Å². The molecular formula is C20H24Cl3NO3. The monoisotopic (exact) mass is 431 g/mol. The van der Waals surface area contributed by atoms with Crippen molar-refractivity contribution in [1.29, 1.82) is 0 Å². The fourth-order valence-corrected chi connectivity index (χ4v) is 3.34. The van der Waals surface area contributed by atoms with Gasteiger partial charge in [0.2, 0.25) is 0 Å². The highest BCUT2D eigenvalue weighted by molar-refractivity contribution is 6.36. The predicted molar refractivity (Wildman–Crippen MR) is 111 cm³/mol. The van der Waals surface area contributed by atoms with E-state index in [0.717, 1.165) is 12.0 Å². The molecule has 0 aliphatic carbocycles. The lowest BCUT2D eigenvalue weighted by Crippen LogP contribution is -2.31. The topological polar surface area (TPSA) is 50.7 Å². The van der Waals surface area contributed by atoms with Crippen molar-refractivity contribution in [2.75, 3.05) is 13.2 Å². The van der Waals surface area contributed by atoms with E-state index in [1.807, 2.05) is 26.0 Å². The molecule has 7 heteroatoms. The molecule has 2 aromatic rings. The molecule has 2 N–H and O–H groups in total. The fourth-order valence-electron chi connectivity index (χ4n) is 2.54. The summed E-state index contributed by atoms with van der Waals surface area (Å²) in [5.74, 6) is 1.01. The van der Waals surface area contributed by atoms with E-state index in [2.05, 4.69) is 5.32 Å². The second-order valence-electron chi connectivity index (χ2n) is 6.00. The number of hydrogen-bond acceptors (Lipinski definition) is 4. The molecule has 0 bridgehead atoms. The highest BCUT2D eigenvalue weighted by Gasteiger charge is 2.15.